The Morgan fingerprint density at radius 3 is 2.61 bits per heavy atom. The third-order valence-corrected chi connectivity index (χ3v) is 3.02. The largest absolute Gasteiger partial charge is 0.491 e. The Hall–Kier alpha value is -1.58. The lowest BCUT2D eigenvalue weighted by Crippen LogP contribution is -2.30. The van der Waals surface area contributed by atoms with Crippen LogP contribution in [0.3, 0.4) is 0 Å². The number of ether oxygens (including phenoxy) is 1. The predicted molar refractivity (Wildman–Crippen MR) is 71.4 cm³/mol. The standard InChI is InChI=1S/C14H21FN2O/c1-14(2,13(16)17)9-5-6-10-18-12-8-4-3-7-11(12)15/h3-4,7-8H,5-6,9-10H2,1-2H3,(H3,16,17). The van der Waals surface area contributed by atoms with Crippen LogP contribution in [0.4, 0.5) is 4.39 Å². The van der Waals surface area contributed by atoms with Gasteiger partial charge in [-0.3, -0.25) is 5.41 Å². The molecule has 0 aliphatic rings. The second-order valence-corrected chi connectivity index (χ2v) is 5.03. The molecule has 0 aliphatic carbocycles. The molecule has 3 nitrogen and oxygen atoms in total. The molecule has 0 saturated carbocycles. The lowest BCUT2D eigenvalue weighted by Gasteiger charge is -2.22. The van der Waals surface area contributed by atoms with Gasteiger partial charge in [0.2, 0.25) is 0 Å². The summed E-state index contributed by atoms with van der Waals surface area (Å²) in [4.78, 5) is 0. The van der Waals surface area contributed by atoms with Crippen LogP contribution in [-0.4, -0.2) is 12.4 Å². The van der Waals surface area contributed by atoms with Gasteiger partial charge in [-0.05, 0) is 31.4 Å². The number of para-hydroxylation sites is 1. The maximum Gasteiger partial charge on any atom is 0.165 e. The van der Waals surface area contributed by atoms with Crippen LogP contribution in [0.25, 0.3) is 0 Å². The van der Waals surface area contributed by atoms with Crippen molar-refractivity contribution in [2.45, 2.75) is 33.1 Å². The van der Waals surface area contributed by atoms with Crippen LogP contribution in [0.1, 0.15) is 33.1 Å². The van der Waals surface area contributed by atoms with Gasteiger partial charge in [-0.2, -0.15) is 0 Å². The molecule has 1 aromatic carbocycles. The summed E-state index contributed by atoms with van der Waals surface area (Å²) >= 11 is 0. The van der Waals surface area contributed by atoms with Crippen LogP contribution >= 0.6 is 0 Å². The maximum atomic E-state index is 13.2. The van der Waals surface area contributed by atoms with Crippen molar-refractivity contribution in [1.29, 1.82) is 5.41 Å². The van der Waals surface area contributed by atoms with Gasteiger partial charge in [0.1, 0.15) is 0 Å². The summed E-state index contributed by atoms with van der Waals surface area (Å²) in [7, 11) is 0. The molecule has 0 spiro atoms. The minimum absolute atomic E-state index is 0.206. The number of nitrogens with two attached hydrogens (primary N) is 1. The van der Waals surface area contributed by atoms with Crippen molar-refractivity contribution in [2.24, 2.45) is 11.1 Å². The van der Waals surface area contributed by atoms with Gasteiger partial charge in [-0.15, -0.1) is 0 Å². The molecule has 100 valence electrons. The van der Waals surface area contributed by atoms with Gasteiger partial charge in [0, 0.05) is 5.41 Å². The topological polar surface area (TPSA) is 59.1 Å². The fourth-order valence-corrected chi connectivity index (χ4v) is 1.55. The molecule has 18 heavy (non-hydrogen) atoms. The highest BCUT2D eigenvalue weighted by Gasteiger charge is 2.20. The fraction of sp³-hybridized carbons (Fsp3) is 0.500. The number of benzene rings is 1. The van der Waals surface area contributed by atoms with E-state index in [4.69, 9.17) is 15.9 Å². The van der Waals surface area contributed by atoms with E-state index in [2.05, 4.69) is 0 Å². The number of amidine groups is 1. The van der Waals surface area contributed by atoms with Crippen molar-refractivity contribution in [3.05, 3.63) is 30.1 Å². The second kappa shape index (κ2) is 6.38. The summed E-state index contributed by atoms with van der Waals surface area (Å²) < 4.78 is 18.6. The molecule has 3 N–H and O–H groups in total. The molecule has 1 rings (SSSR count). The first-order chi connectivity index (χ1) is 8.43. The summed E-state index contributed by atoms with van der Waals surface area (Å²) in [5, 5.41) is 7.44. The molecule has 0 atom stereocenters. The molecule has 0 aliphatic heterocycles. The van der Waals surface area contributed by atoms with E-state index in [-0.39, 0.29) is 17.1 Å². The Morgan fingerprint density at radius 1 is 1.33 bits per heavy atom. The second-order valence-electron chi connectivity index (χ2n) is 5.03. The third kappa shape index (κ3) is 4.35. The molecule has 0 bridgehead atoms. The Kier molecular flexibility index (Phi) is 5.13. The van der Waals surface area contributed by atoms with Crippen molar-refractivity contribution in [3.63, 3.8) is 0 Å². The first-order valence-corrected chi connectivity index (χ1v) is 6.15. The fourth-order valence-electron chi connectivity index (χ4n) is 1.55. The number of nitrogens with one attached hydrogen (secondary N) is 1. The smallest absolute Gasteiger partial charge is 0.165 e. The van der Waals surface area contributed by atoms with Crippen molar-refractivity contribution < 1.29 is 9.13 Å². The van der Waals surface area contributed by atoms with E-state index in [9.17, 15) is 4.39 Å². The summed E-state index contributed by atoms with van der Waals surface area (Å²) in [5.74, 6) is 0.169. The molecule has 0 unspecified atom stereocenters. The molecule has 4 heteroatoms. The zero-order valence-corrected chi connectivity index (χ0v) is 11.0. The lowest BCUT2D eigenvalue weighted by molar-refractivity contribution is 0.283. The number of halogens is 1. The van der Waals surface area contributed by atoms with Gasteiger partial charge >= 0.3 is 0 Å². The maximum absolute atomic E-state index is 13.2. The molecule has 0 saturated heterocycles. The number of hydrogen-bond donors (Lipinski definition) is 2. The van der Waals surface area contributed by atoms with Crippen molar-refractivity contribution >= 4 is 5.84 Å². The first kappa shape index (κ1) is 14.5. The van der Waals surface area contributed by atoms with E-state index in [1.165, 1.54) is 6.07 Å². The Balaban J connectivity index is 2.24. The van der Waals surface area contributed by atoms with Crippen LogP contribution in [0, 0.1) is 16.6 Å². The molecular formula is C14H21FN2O. The zero-order chi connectivity index (χ0) is 13.6. The third-order valence-electron chi connectivity index (χ3n) is 3.02. The summed E-state index contributed by atoms with van der Waals surface area (Å²) in [6.07, 6.45) is 2.56. The van der Waals surface area contributed by atoms with E-state index in [0.29, 0.717) is 12.4 Å². The van der Waals surface area contributed by atoms with Gasteiger partial charge in [-0.1, -0.05) is 26.0 Å². The highest BCUT2D eigenvalue weighted by Crippen LogP contribution is 2.23. The van der Waals surface area contributed by atoms with Crippen LogP contribution in [0.2, 0.25) is 0 Å². The Morgan fingerprint density at radius 2 is 2.00 bits per heavy atom. The lowest BCUT2D eigenvalue weighted by atomic mass is 9.86. The van der Waals surface area contributed by atoms with Gasteiger partial charge in [0.05, 0.1) is 12.4 Å². The number of unbranched alkanes of at least 4 members (excludes halogenated alkanes) is 1. The van der Waals surface area contributed by atoms with E-state index in [1.54, 1.807) is 18.2 Å². The average Bonchev–Trinajstić information content (AvgIpc) is 2.30. The van der Waals surface area contributed by atoms with Gasteiger partial charge < -0.3 is 10.5 Å². The van der Waals surface area contributed by atoms with E-state index in [1.807, 2.05) is 13.8 Å². The molecule has 1 aromatic rings. The molecular weight excluding hydrogens is 231 g/mol. The monoisotopic (exact) mass is 252 g/mol. The van der Waals surface area contributed by atoms with Gasteiger partial charge in [0.15, 0.2) is 11.6 Å². The molecule has 0 radical (unpaired) electrons. The normalized spacial score (nSPS) is 11.3. The Bertz CT molecular complexity index is 405. The molecule has 0 fully saturated rings. The SMILES string of the molecule is CC(C)(CCCCOc1ccccc1F)C(=N)N. The minimum atomic E-state index is -0.332. The molecule has 0 aromatic heterocycles. The highest BCUT2D eigenvalue weighted by atomic mass is 19.1. The van der Waals surface area contributed by atoms with Crippen molar-refractivity contribution in [3.8, 4) is 5.75 Å². The minimum Gasteiger partial charge on any atom is -0.491 e. The quantitative estimate of drug-likeness (QED) is 0.444. The van der Waals surface area contributed by atoms with Crippen LogP contribution in [0.15, 0.2) is 24.3 Å². The first-order valence-electron chi connectivity index (χ1n) is 6.15. The predicted octanol–water partition coefficient (Wildman–Crippen LogP) is 3.34. The van der Waals surface area contributed by atoms with Gasteiger partial charge in [0.25, 0.3) is 0 Å². The highest BCUT2D eigenvalue weighted by molar-refractivity contribution is 5.82. The molecule has 0 amide bonds. The van der Waals surface area contributed by atoms with E-state index < -0.39 is 0 Å². The summed E-state index contributed by atoms with van der Waals surface area (Å²) in [5.41, 5.74) is 5.23. The van der Waals surface area contributed by atoms with Crippen molar-refractivity contribution in [2.75, 3.05) is 6.61 Å². The van der Waals surface area contributed by atoms with E-state index in [0.717, 1.165) is 19.3 Å². The van der Waals surface area contributed by atoms with Crippen LogP contribution in [-0.2, 0) is 0 Å². The summed E-state index contributed by atoms with van der Waals surface area (Å²) in [6, 6.07) is 6.39. The van der Waals surface area contributed by atoms with Crippen molar-refractivity contribution in [1.82, 2.24) is 0 Å². The number of rotatable bonds is 7. The van der Waals surface area contributed by atoms with Crippen LogP contribution in [0.5, 0.6) is 5.75 Å². The molecule has 0 heterocycles. The van der Waals surface area contributed by atoms with E-state index >= 15 is 0 Å². The zero-order valence-electron chi connectivity index (χ0n) is 11.0. The number of hydrogen-bond acceptors (Lipinski definition) is 2. The Labute approximate surface area is 108 Å². The average molecular weight is 252 g/mol. The van der Waals surface area contributed by atoms with Gasteiger partial charge in [-0.25, -0.2) is 4.39 Å². The van der Waals surface area contributed by atoms with Crippen LogP contribution < -0.4 is 10.5 Å². The summed E-state index contributed by atoms with van der Waals surface area (Å²) in [6.45, 7) is 4.38.